The van der Waals surface area contributed by atoms with Gasteiger partial charge in [0.1, 0.15) is 0 Å². The van der Waals surface area contributed by atoms with E-state index >= 15 is 0 Å². The van der Waals surface area contributed by atoms with Crippen LogP contribution in [0.5, 0.6) is 0 Å². The molecule has 0 saturated carbocycles. The predicted molar refractivity (Wildman–Crippen MR) is 48.2 cm³/mol. The first-order chi connectivity index (χ1) is 5.70. The Hall–Kier alpha value is -1.31. The number of benzene rings is 1. The van der Waals surface area contributed by atoms with E-state index in [1.807, 2.05) is 6.92 Å². The van der Waals surface area contributed by atoms with Gasteiger partial charge in [-0.25, -0.2) is 0 Å². The predicted octanol–water partition coefficient (Wildman–Crippen LogP) is 2.75. The van der Waals surface area contributed by atoms with Gasteiger partial charge in [0, 0.05) is 5.39 Å². The fourth-order valence-corrected chi connectivity index (χ4v) is 1.36. The van der Waals surface area contributed by atoms with E-state index in [9.17, 15) is 0 Å². The monoisotopic (exact) mass is 161 g/mol. The van der Waals surface area contributed by atoms with Crippen molar-refractivity contribution in [2.45, 2.75) is 20.8 Å². The number of aryl methyl sites for hydroxylation is 3. The smallest absolute Gasteiger partial charge is 0.170 e. The number of hydrogen-bond donors (Lipinski definition) is 0. The summed E-state index contributed by atoms with van der Waals surface area (Å²) >= 11 is 0. The molecule has 0 N–H and O–H groups in total. The van der Waals surface area contributed by atoms with Gasteiger partial charge < -0.3 is 4.52 Å². The Morgan fingerprint density at radius 2 is 1.92 bits per heavy atom. The largest absolute Gasteiger partial charge is 0.356 e. The maximum Gasteiger partial charge on any atom is 0.170 e. The quantitative estimate of drug-likeness (QED) is 0.593. The van der Waals surface area contributed by atoms with Crippen molar-refractivity contribution in [3.05, 3.63) is 29.0 Å². The third kappa shape index (κ3) is 0.843. The van der Waals surface area contributed by atoms with Gasteiger partial charge in [-0.05, 0) is 38.0 Å². The summed E-state index contributed by atoms with van der Waals surface area (Å²) in [4.78, 5) is 0. The molecule has 0 bridgehead atoms. The molecule has 2 rings (SSSR count). The second kappa shape index (κ2) is 2.34. The van der Waals surface area contributed by atoms with Gasteiger partial charge in [-0.2, -0.15) is 0 Å². The van der Waals surface area contributed by atoms with Crippen LogP contribution in [0.3, 0.4) is 0 Å². The van der Waals surface area contributed by atoms with E-state index in [-0.39, 0.29) is 0 Å². The Kier molecular flexibility index (Phi) is 1.43. The molecule has 62 valence electrons. The second-order valence-electron chi connectivity index (χ2n) is 3.15. The molecular formula is C10H11NO. The zero-order chi connectivity index (χ0) is 8.72. The molecule has 0 fully saturated rings. The van der Waals surface area contributed by atoms with Crippen molar-refractivity contribution in [3.63, 3.8) is 0 Å². The van der Waals surface area contributed by atoms with Crippen molar-refractivity contribution in [1.29, 1.82) is 0 Å². The van der Waals surface area contributed by atoms with Crippen molar-refractivity contribution in [1.82, 2.24) is 5.16 Å². The number of fused-ring (bicyclic) bond motifs is 1. The first-order valence-electron chi connectivity index (χ1n) is 4.02. The first kappa shape index (κ1) is 7.35. The fourth-order valence-electron chi connectivity index (χ4n) is 1.36. The van der Waals surface area contributed by atoms with Crippen LogP contribution >= 0.6 is 0 Å². The maximum absolute atomic E-state index is 5.21. The number of hydrogen-bond acceptors (Lipinski definition) is 2. The van der Waals surface area contributed by atoms with Gasteiger partial charge in [-0.15, -0.1) is 0 Å². The van der Waals surface area contributed by atoms with Crippen molar-refractivity contribution in [2.24, 2.45) is 0 Å². The molecule has 0 aliphatic carbocycles. The standard InChI is InChI=1S/C10H11NO/c1-6-4-5-9-8(3)11-12-10(9)7(6)2/h4-5H,1-3H3. The second-order valence-corrected chi connectivity index (χ2v) is 3.15. The highest BCUT2D eigenvalue weighted by Gasteiger charge is 2.07. The van der Waals surface area contributed by atoms with E-state index in [1.165, 1.54) is 11.1 Å². The summed E-state index contributed by atoms with van der Waals surface area (Å²) in [6.07, 6.45) is 0. The molecule has 1 heterocycles. The highest BCUT2D eigenvalue weighted by atomic mass is 16.5. The molecule has 0 saturated heterocycles. The first-order valence-corrected chi connectivity index (χ1v) is 4.02. The van der Waals surface area contributed by atoms with Crippen LogP contribution in [0.25, 0.3) is 11.0 Å². The van der Waals surface area contributed by atoms with E-state index < -0.39 is 0 Å². The molecule has 0 atom stereocenters. The lowest BCUT2D eigenvalue weighted by Crippen LogP contribution is -1.80. The summed E-state index contributed by atoms with van der Waals surface area (Å²) in [5.74, 6) is 0. The average molecular weight is 161 g/mol. The minimum Gasteiger partial charge on any atom is -0.356 e. The lowest BCUT2D eigenvalue weighted by atomic mass is 10.1. The Morgan fingerprint density at radius 1 is 1.17 bits per heavy atom. The minimum atomic E-state index is 0.924. The minimum absolute atomic E-state index is 0.924. The Bertz CT molecular complexity index is 429. The summed E-state index contributed by atoms with van der Waals surface area (Å²) in [7, 11) is 0. The topological polar surface area (TPSA) is 26.0 Å². The lowest BCUT2D eigenvalue weighted by molar-refractivity contribution is 0.449. The van der Waals surface area contributed by atoms with Gasteiger partial charge >= 0.3 is 0 Å². The maximum atomic E-state index is 5.21. The molecule has 2 heteroatoms. The van der Waals surface area contributed by atoms with Crippen LogP contribution in [-0.4, -0.2) is 5.16 Å². The Balaban J connectivity index is 2.93. The Morgan fingerprint density at radius 3 is 2.67 bits per heavy atom. The summed E-state index contributed by atoms with van der Waals surface area (Å²) < 4.78 is 5.21. The Labute approximate surface area is 71.2 Å². The number of rotatable bonds is 0. The van der Waals surface area contributed by atoms with E-state index in [4.69, 9.17) is 4.52 Å². The average Bonchev–Trinajstić information content (AvgIpc) is 2.41. The molecule has 1 aromatic heterocycles. The SMILES string of the molecule is Cc1ccc2c(C)noc2c1C. The molecule has 1 aromatic carbocycles. The molecular weight excluding hydrogens is 150 g/mol. The molecule has 2 aromatic rings. The van der Waals surface area contributed by atoms with Gasteiger partial charge in [0.15, 0.2) is 5.58 Å². The molecule has 0 amide bonds. The van der Waals surface area contributed by atoms with Crippen LogP contribution < -0.4 is 0 Å². The van der Waals surface area contributed by atoms with Crippen LogP contribution in [0.15, 0.2) is 16.7 Å². The molecule has 0 spiro atoms. The lowest BCUT2D eigenvalue weighted by Gasteiger charge is -1.97. The van der Waals surface area contributed by atoms with Crippen molar-refractivity contribution >= 4 is 11.0 Å². The van der Waals surface area contributed by atoms with Crippen LogP contribution in [0, 0.1) is 20.8 Å². The van der Waals surface area contributed by atoms with Gasteiger partial charge in [0.05, 0.1) is 5.69 Å². The van der Waals surface area contributed by atoms with Gasteiger partial charge in [0.2, 0.25) is 0 Å². The number of nitrogens with zero attached hydrogens (tertiary/aromatic N) is 1. The summed E-state index contributed by atoms with van der Waals surface area (Å²) in [6, 6.07) is 4.16. The van der Waals surface area contributed by atoms with Crippen LogP contribution in [0.1, 0.15) is 16.8 Å². The highest BCUT2D eigenvalue weighted by Crippen LogP contribution is 2.23. The zero-order valence-corrected chi connectivity index (χ0v) is 7.51. The molecule has 0 unspecified atom stereocenters. The summed E-state index contributed by atoms with van der Waals surface area (Å²) in [6.45, 7) is 6.09. The highest BCUT2D eigenvalue weighted by molar-refractivity contribution is 5.82. The zero-order valence-electron chi connectivity index (χ0n) is 7.51. The van der Waals surface area contributed by atoms with E-state index in [2.05, 4.69) is 31.1 Å². The van der Waals surface area contributed by atoms with Gasteiger partial charge in [0.25, 0.3) is 0 Å². The van der Waals surface area contributed by atoms with Crippen molar-refractivity contribution < 1.29 is 4.52 Å². The molecule has 0 radical (unpaired) electrons. The van der Waals surface area contributed by atoms with Crippen molar-refractivity contribution in [3.8, 4) is 0 Å². The third-order valence-corrected chi connectivity index (χ3v) is 2.34. The summed E-state index contributed by atoms with van der Waals surface area (Å²) in [5.41, 5.74) is 4.33. The fraction of sp³-hybridized carbons (Fsp3) is 0.300. The molecule has 2 nitrogen and oxygen atoms in total. The molecule has 0 aliphatic rings. The van der Waals surface area contributed by atoms with E-state index in [1.54, 1.807) is 0 Å². The van der Waals surface area contributed by atoms with E-state index in [0.29, 0.717) is 0 Å². The summed E-state index contributed by atoms with van der Waals surface area (Å²) in [5, 5.41) is 5.05. The number of aromatic nitrogens is 1. The molecule has 12 heavy (non-hydrogen) atoms. The van der Waals surface area contributed by atoms with Crippen LogP contribution in [0.4, 0.5) is 0 Å². The van der Waals surface area contributed by atoms with Crippen LogP contribution in [0.2, 0.25) is 0 Å². The van der Waals surface area contributed by atoms with Gasteiger partial charge in [-0.1, -0.05) is 11.2 Å². The normalized spacial score (nSPS) is 10.9. The third-order valence-electron chi connectivity index (χ3n) is 2.34. The van der Waals surface area contributed by atoms with Gasteiger partial charge in [-0.3, -0.25) is 0 Å². The van der Waals surface area contributed by atoms with Crippen molar-refractivity contribution in [2.75, 3.05) is 0 Å². The molecule has 0 aliphatic heterocycles. The van der Waals surface area contributed by atoms with Crippen LogP contribution in [-0.2, 0) is 0 Å². The van der Waals surface area contributed by atoms with E-state index in [0.717, 1.165) is 16.7 Å².